The van der Waals surface area contributed by atoms with Crippen LogP contribution in [0.4, 0.5) is 0 Å². The normalized spacial score (nSPS) is 21.3. The van der Waals surface area contributed by atoms with Gasteiger partial charge in [0.15, 0.2) is 0 Å². The average molecular weight is 360 g/mol. The number of esters is 1. The van der Waals surface area contributed by atoms with Crippen LogP contribution in [0.1, 0.15) is 42.7 Å². The fraction of sp³-hybridized carbons (Fsp3) is 0.292. The van der Waals surface area contributed by atoms with Crippen LogP contribution in [0, 0.1) is 5.41 Å². The lowest BCUT2D eigenvalue weighted by Gasteiger charge is -2.37. The van der Waals surface area contributed by atoms with E-state index in [-0.39, 0.29) is 11.9 Å². The van der Waals surface area contributed by atoms with Crippen molar-refractivity contribution in [1.29, 1.82) is 0 Å². The molecular weight excluding hydrogens is 336 g/mol. The molecule has 2 aliphatic rings. The zero-order valence-corrected chi connectivity index (χ0v) is 15.6. The minimum absolute atomic E-state index is 0.0302. The summed E-state index contributed by atoms with van der Waals surface area (Å²) in [6.07, 6.45) is 9.91. The molecule has 1 aliphatic heterocycles. The Morgan fingerprint density at radius 2 is 1.70 bits per heavy atom. The summed E-state index contributed by atoms with van der Waals surface area (Å²) in [5.74, 6) is 1.39. The van der Waals surface area contributed by atoms with Gasteiger partial charge < -0.3 is 9.47 Å². The summed E-state index contributed by atoms with van der Waals surface area (Å²) >= 11 is 0. The Labute approximate surface area is 160 Å². The first-order valence-electron chi connectivity index (χ1n) is 9.52. The lowest BCUT2D eigenvalue weighted by atomic mass is 9.69. The van der Waals surface area contributed by atoms with Gasteiger partial charge in [0, 0.05) is 5.92 Å². The first-order chi connectivity index (χ1) is 13.2. The molecule has 0 bridgehead atoms. The molecule has 4 rings (SSSR count). The second-order valence-electron chi connectivity index (χ2n) is 7.32. The number of rotatable bonds is 4. The first kappa shape index (κ1) is 17.6. The van der Waals surface area contributed by atoms with Gasteiger partial charge in [-0.2, -0.15) is 0 Å². The van der Waals surface area contributed by atoms with Crippen molar-refractivity contribution in [1.82, 2.24) is 0 Å². The second-order valence-corrected chi connectivity index (χ2v) is 7.32. The van der Waals surface area contributed by atoms with Crippen LogP contribution < -0.4 is 4.74 Å². The number of ether oxygens (including phenoxy) is 2. The van der Waals surface area contributed by atoms with Gasteiger partial charge >= 0.3 is 5.97 Å². The fourth-order valence-electron chi connectivity index (χ4n) is 4.27. The van der Waals surface area contributed by atoms with Crippen molar-refractivity contribution in [2.45, 2.75) is 31.6 Å². The van der Waals surface area contributed by atoms with Crippen molar-refractivity contribution in [3.05, 3.63) is 83.6 Å². The van der Waals surface area contributed by atoms with E-state index in [1.165, 1.54) is 0 Å². The molecule has 27 heavy (non-hydrogen) atoms. The Balaban J connectivity index is 1.70. The highest BCUT2D eigenvalue weighted by Crippen LogP contribution is 2.53. The molecule has 3 heteroatoms. The summed E-state index contributed by atoms with van der Waals surface area (Å²) in [4.78, 5) is 13.0. The van der Waals surface area contributed by atoms with Gasteiger partial charge in [-0.15, -0.1) is 0 Å². The number of methoxy groups -OCH3 is 1. The van der Waals surface area contributed by atoms with Crippen LogP contribution in [-0.4, -0.2) is 13.1 Å². The molecule has 1 atom stereocenters. The van der Waals surface area contributed by atoms with E-state index in [1.54, 1.807) is 7.11 Å². The maximum Gasteiger partial charge on any atom is 0.318 e. The molecule has 0 radical (unpaired) electrons. The summed E-state index contributed by atoms with van der Waals surface area (Å²) < 4.78 is 11.0. The standard InChI is InChI=1S/C24H24O3/c1-26-20-13-10-19(11-14-20)22-17-21(12-9-18-7-3-2-4-8-18)27-23(25)24(22)15-5-6-16-24/h2-4,7-14,17,22H,5-6,15-16H2,1H3. The van der Waals surface area contributed by atoms with E-state index in [9.17, 15) is 4.79 Å². The molecular formula is C24H24O3. The van der Waals surface area contributed by atoms with Crippen molar-refractivity contribution in [2.75, 3.05) is 7.11 Å². The number of carbonyl (C=O) groups is 1. The Hall–Kier alpha value is -2.81. The Morgan fingerprint density at radius 1 is 1.00 bits per heavy atom. The number of cyclic esters (lactones) is 1. The minimum Gasteiger partial charge on any atom is -0.497 e. The molecule has 1 unspecified atom stereocenters. The summed E-state index contributed by atoms with van der Waals surface area (Å²) in [5.41, 5.74) is 1.79. The van der Waals surface area contributed by atoms with Crippen molar-refractivity contribution >= 4 is 12.0 Å². The van der Waals surface area contributed by atoms with Crippen LogP contribution >= 0.6 is 0 Å². The van der Waals surface area contributed by atoms with Crippen molar-refractivity contribution in [3.8, 4) is 5.75 Å². The summed E-state index contributed by atoms with van der Waals surface area (Å²) in [6.45, 7) is 0. The van der Waals surface area contributed by atoms with Crippen LogP contribution in [0.25, 0.3) is 6.08 Å². The predicted molar refractivity (Wildman–Crippen MR) is 106 cm³/mol. The summed E-state index contributed by atoms with van der Waals surface area (Å²) in [5, 5.41) is 0. The zero-order valence-electron chi connectivity index (χ0n) is 15.6. The number of benzene rings is 2. The van der Waals surface area contributed by atoms with Gasteiger partial charge in [0.2, 0.25) is 0 Å². The van der Waals surface area contributed by atoms with E-state index < -0.39 is 5.41 Å². The third-order valence-corrected chi connectivity index (χ3v) is 5.75. The van der Waals surface area contributed by atoms with Gasteiger partial charge in [0.05, 0.1) is 12.5 Å². The van der Waals surface area contributed by atoms with Crippen molar-refractivity contribution in [2.24, 2.45) is 5.41 Å². The molecule has 3 nitrogen and oxygen atoms in total. The number of hydrogen-bond donors (Lipinski definition) is 0. The fourth-order valence-corrected chi connectivity index (χ4v) is 4.27. The molecule has 1 heterocycles. The van der Waals surface area contributed by atoms with Crippen molar-refractivity contribution < 1.29 is 14.3 Å². The van der Waals surface area contributed by atoms with Gasteiger partial charge in [-0.3, -0.25) is 4.79 Å². The van der Waals surface area contributed by atoms with Gasteiger partial charge in [-0.05, 0) is 48.3 Å². The Kier molecular flexibility index (Phi) is 4.85. The molecule has 1 aliphatic carbocycles. The van der Waals surface area contributed by atoms with E-state index in [1.807, 2.05) is 54.6 Å². The molecule has 138 valence electrons. The van der Waals surface area contributed by atoms with Crippen LogP contribution in [0.3, 0.4) is 0 Å². The molecule has 2 aromatic carbocycles. The Bertz CT molecular complexity index is 856. The van der Waals surface area contributed by atoms with Gasteiger partial charge in [-0.25, -0.2) is 0 Å². The highest BCUT2D eigenvalue weighted by Gasteiger charge is 2.51. The van der Waals surface area contributed by atoms with Crippen LogP contribution in [0.15, 0.2) is 72.5 Å². The smallest absolute Gasteiger partial charge is 0.318 e. The van der Waals surface area contributed by atoms with E-state index in [4.69, 9.17) is 9.47 Å². The third-order valence-electron chi connectivity index (χ3n) is 5.75. The Morgan fingerprint density at radius 3 is 2.37 bits per heavy atom. The molecule has 0 amide bonds. The van der Waals surface area contributed by atoms with Crippen LogP contribution in [-0.2, 0) is 9.53 Å². The number of carbonyl (C=O) groups excluding carboxylic acids is 1. The topological polar surface area (TPSA) is 35.5 Å². The highest BCUT2D eigenvalue weighted by molar-refractivity contribution is 5.82. The maximum atomic E-state index is 13.0. The largest absolute Gasteiger partial charge is 0.497 e. The van der Waals surface area contributed by atoms with Gasteiger partial charge in [-0.1, -0.05) is 61.4 Å². The molecule has 0 N–H and O–H groups in total. The minimum atomic E-state index is -0.432. The van der Waals surface area contributed by atoms with E-state index in [0.29, 0.717) is 5.76 Å². The van der Waals surface area contributed by atoms with Crippen molar-refractivity contribution in [3.63, 3.8) is 0 Å². The third kappa shape index (κ3) is 3.42. The van der Waals surface area contributed by atoms with Crippen LogP contribution in [0.2, 0.25) is 0 Å². The van der Waals surface area contributed by atoms with Gasteiger partial charge in [0.1, 0.15) is 11.5 Å². The molecule has 2 aromatic rings. The molecule has 0 aromatic heterocycles. The number of hydrogen-bond acceptors (Lipinski definition) is 3. The van der Waals surface area contributed by atoms with E-state index >= 15 is 0 Å². The zero-order chi connectivity index (χ0) is 18.7. The lowest BCUT2D eigenvalue weighted by molar-refractivity contribution is -0.153. The molecule has 1 fully saturated rings. The van der Waals surface area contributed by atoms with E-state index in [2.05, 4.69) is 18.2 Å². The second kappa shape index (κ2) is 7.43. The lowest BCUT2D eigenvalue weighted by Crippen LogP contribution is -2.38. The quantitative estimate of drug-likeness (QED) is 0.676. The van der Waals surface area contributed by atoms with E-state index in [0.717, 1.165) is 42.6 Å². The SMILES string of the molecule is COc1ccc(C2C=C(C=Cc3ccccc3)OC(=O)C23CCCC3)cc1. The first-order valence-corrected chi connectivity index (χ1v) is 9.52. The maximum absolute atomic E-state index is 13.0. The summed E-state index contributed by atoms with van der Waals surface area (Å²) in [6, 6.07) is 18.1. The summed E-state index contributed by atoms with van der Waals surface area (Å²) in [7, 11) is 1.66. The number of allylic oxidation sites excluding steroid dienone is 2. The van der Waals surface area contributed by atoms with Crippen LogP contribution in [0.5, 0.6) is 5.75 Å². The van der Waals surface area contributed by atoms with Gasteiger partial charge in [0.25, 0.3) is 0 Å². The molecule has 1 spiro atoms. The average Bonchev–Trinajstić information content (AvgIpc) is 3.20. The monoisotopic (exact) mass is 360 g/mol. The molecule has 0 saturated heterocycles. The highest BCUT2D eigenvalue weighted by atomic mass is 16.5. The molecule has 1 saturated carbocycles. The predicted octanol–water partition coefficient (Wildman–Crippen LogP) is 5.49.